The molecular formula is C36H42Cl2F3N5O4. The summed E-state index contributed by atoms with van der Waals surface area (Å²) in [5.41, 5.74) is 2.63. The summed E-state index contributed by atoms with van der Waals surface area (Å²) in [5, 5.41) is 4.47. The van der Waals surface area contributed by atoms with Gasteiger partial charge in [-0.1, -0.05) is 41.4 Å². The molecule has 0 bridgehead atoms. The SMILES string of the molecule is CCOCCn1c(NC2CCN(CCC(CN(C)C(=O)c3cc(OC)ccc3OC(F)(F)F)c3ccc(Cl)c(Cl)c3)CC2)nc2ccccc21. The summed E-state index contributed by atoms with van der Waals surface area (Å²) in [4.78, 5) is 22.3. The zero-order chi connectivity index (χ0) is 35.8. The fourth-order valence-corrected chi connectivity index (χ4v) is 6.61. The maximum Gasteiger partial charge on any atom is 0.573 e. The lowest BCUT2D eigenvalue weighted by atomic mass is 9.94. The number of para-hydroxylation sites is 2. The largest absolute Gasteiger partial charge is 0.573 e. The number of amides is 1. The number of carbonyl (C=O) groups is 1. The Bertz CT molecular complexity index is 1750. The lowest BCUT2D eigenvalue weighted by Crippen LogP contribution is -2.41. The van der Waals surface area contributed by atoms with Crippen molar-refractivity contribution in [2.24, 2.45) is 0 Å². The summed E-state index contributed by atoms with van der Waals surface area (Å²) in [6, 6.07) is 17.4. The molecule has 1 fully saturated rings. The number of likely N-dealkylation sites (N-methyl/N-ethyl adjacent to an activating group) is 1. The van der Waals surface area contributed by atoms with Gasteiger partial charge in [0, 0.05) is 51.8 Å². The molecule has 50 heavy (non-hydrogen) atoms. The molecule has 0 aliphatic carbocycles. The minimum atomic E-state index is -4.97. The Hall–Kier alpha value is -3.71. The first-order valence-electron chi connectivity index (χ1n) is 16.6. The van der Waals surface area contributed by atoms with Crippen LogP contribution in [0.25, 0.3) is 11.0 Å². The van der Waals surface area contributed by atoms with Crippen molar-refractivity contribution in [3.05, 3.63) is 81.8 Å². The van der Waals surface area contributed by atoms with Gasteiger partial charge in [-0.3, -0.25) is 4.79 Å². The molecule has 1 saturated heterocycles. The number of nitrogens with one attached hydrogen (secondary N) is 1. The van der Waals surface area contributed by atoms with Crippen molar-refractivity contribution < 1.29 is 32.2 Å². The van der Waals surface area contributed by atoms with Crippen molar-refractivity contribution in [3.8, 4) is 11.5 Å². The summed E-state index contributed by atoms with van der Waals surface area (Å²) in [7, 11) is 2.93. The Morgan fingerprint density at radius 2 is 1.82 bits per heavy atom. The molecule has 1 atom stereocenters. The average Bonchev–Trinajstić information content (AvgIpc) is 3.44. The summed E-state index contributed by atoms with van der Waals surface area (Å²) in [5.74, 6) is -0.332. The second kappa shape index (κ2) is 17.0. The Balaban J connectivity index is 1.25. The second-order valence-electron chi connectivity index (χ2n) is 12.3. The Morgan fingerprint density at radius 3 is 2.52 bits per heavy atom. The fourth-order valence-electron chi connectivity index (χ4n) is 6.30. The molecule has 2 heterocycles. The Labute approximate surface area is 300 Å². The van der Waals surface area contributed by atoms with E-state index >= 15 is 0 Å². The third-order valence-electron chi connectivity index (χ3n) is 8.93. The highest BCUT2D eigenvalue weighted by molar-refractivity contribution is 6.42. The normalized spacial score (nSPS) is 14.9. The molecule has 5 rings (SSSR count). The summed E-state index contributed by atoms with van der Waals surface area (Å²) in [6.45, 7) is 6.64. The molecule has 1 aliphatic heterocycles. The predicted octanol–water partition coefficient (Wildman–Crippen LogP) is 8.11. The molecule has 14 heteroatoms. The van der Waals surface area contributed by atoms with Crippen LogP contribution in [0.2, 0.25) is 10.0 Å². The molecule has 0 spiro atoms. The minimum Gasteiger partial charge on any atom is -0.497 e. The molecule has 1 unspecified atom stereocenters. The van der Waals surface area contributed by atoms with Gasteiger partial charge in [0.05, 0.1) is 40.4 Å². The number of nitrogens with zero attached hydrogens (tertiary/aromatic N) is 4. The first kappa shape index (κ1) is 37.5. The van der Waals surface area contributed by atoms with Gasteiger partial charge in [0.2, 0.25) is 5.95 Å². The van der Waals surface area contributed by atoms with E-state index in [1.807, 2.05) is 31.2 Å². The average molecular weight is 737 g/mol. The van der Waals surface area contributed by atoms with E-state index in [9.17, 15) is 18.0 Å². The standard InChI is InChI=1S/C36H42Cl2F3N5O4/c1-4-49-20-19-46-32-8-6-5-7-31(32)43-35(46)42-26-14-17-45(18-15-26)16-13-25(24-9-11-29(37)30(38)21-24)23-44(2)34(47)28-22-27(48-3)10-12-33(28)50-36(39,40)41/h5-12,21-22,25-26H,4,13-20,23H2,1-3H3,(H,42,43). The van der Waals surface area contributed by atoms with Crippen LogP contribution in [-0.2, 0) is 11.3 Å². The van der Waals surface area contributed by atoms with Gasteiger partial charge < -0.3 is 33.9 Å². The van der Waals surface area contributed by atoms with E-state index in [-0.39, 0.29) is 29.8 Å². The van der Waals surface area contributed by atoms with Crippen LogP contribution in [0.15, 0.2) is 60.7 Å². The van der Waals surface area contributed by atoms with Gasteiger partial charge in [0.25, 0.3) is 5.91 Å². The number of imidazole rings is 1. The van der Waals surface area contributed by atoms with E-state index in [0.717, 1.165) is 61.1 Å². The molecule has 1 N–H and O–H groups in total. The van der Waals surface area contributed by atoms with Crippen LogP contribution in [0.4, 0.5) is 19.1 Å². The molecule has 0 saturated carbocycles. The molecule has 270 valence electrons. The number of hydrogen-bond acceptors (Lipinski definition) is 7. The van der Waals surface area contributed by atoms with Crippen LogP contribution in [-0.4, -0.2) is 91.2 Å². The maximum atomic E-state index is 13.6. The number of fused-ring (bicyclic) bond motifs is 1. The summed E-state index contributed by atoms with van der Waals surface area (Å²) < 4.78 is 56.7. The molecule has 3 aromatic carbocycles. The van der Waals surface area contributed by atoms with Crippen LogP contribution in [0.1, 0.15) is 48.0 Å². The number of rotatable bonds is 15. The van der Waals surface area contributed by atoms with Crippen LogP contribution in [0.3, 0.4) is 0 Å². The first-order chi connectivity index (χ1) is 24.0. The van der Waals surface area contributed by atoms with Gasteiger partial charge in [-0.2, -0.15) is 0 Å². The van der Waals surface area contributed by atoms with Crippen molar-refractivity contribution in [2.45, 2.75) is 51.1 Å². The highest BCUT2D eigenvalue weighted by Gasteiger charge is 2.34. The first-order valence-corrected chi connectivity index (χ1v) is 17.4. The van der Waals surface area contributed by atoms with E-state index in [0.29, 0.717) is 36.2 Å². The molecular weight excluding hydrogens is 694 g/mol. The molecule has 0 radical (unpaired) electrons. The van der Waals surface area contributed by atoms with Gasteiger partial charge in [0.1, 0.15) is 11.5 Å². The summed E-state index contributed by atoms with van der Waals surface area (Å²) in [6.07, 6.45) is -2.46. The van der Waals surface area contributed by atoms with E-state index < -0.39 is 18.0 Å². The highest BCUT2D eigenvalue weighted by Crippen LogP contribution is 2.33. The van der Waals surface area contributed by atoms with Gasteiger partial charge in [-0.05, 0) is 80.8 Å². The number of likely N-dealkylation sites (tertiary alicyclic amines) is 1. The van der Waals surface area contributed by atoms with E-state index in [1.165, 1.54) is 24.1 Å². The second-order valence-corrected chi connectivity index (χ2v) is 13.1. The van der Waals surface area contributed by atoms with Crippen LogP contribution in [0.5, 0.6) is 11.5 Å². The number of benzene rings is 3. The Morgan fingerprint density at radius 1 is 1.06 bits per heavy atom. The van der Waals surface area contributed by atoms with E-state index in [4.69, 9.17) is 37.7 Å². The summed E-state index contributed by atoms with van der Waals surface area (Å²) >= 11 is 12.6. The number of piperidine rings is 1. The minimum absolute atomic E-state index is 0.183. The molecule has 1 amide bonds. The fraction of sp³-hybridized carbons (Fsp3) is 0.444. The molecule has 1 aromatic heterocycles. The zero-order valence-corrected chi connectivity index (χ0v) is 29.8. The molecule has 4 aromatic rings. The number of hydrogen-bond donors (Lipinski definition) is 1. The molecule has 9 nitrogen and oxygen atoms in total. The lowest BCUT2D eigenvalue weighted by molar-refractivity contribution is -0.274. The van der Waals surface area contributed by atoms with E-state index in [2.05, 4.69) is 25.6 Å². The topological polar surface area (TPSA) is 81.1 Å². The predicted molar refractivity (Wildman–Crippen MR) is 190 cm³/mol. The number of ether oxygens (including phenoxy) is 3. The van der Waals surface area contributed by atoms with Crippen molar-refractivity contribution in [1.29, 1.82) is 0 Å². The van der Waals surface area contributed by atoms with Gasteiger partial charge >= 0.3 is 6.36 Å². The lowest BCUT2D eigenvalue weighted by Gasteiger charge is -2.34. The highest BCUT2D eigenvalue weighted by atomic mass is 35.5. The zero-order valence-electron chi connectivity index (χ0n) is 28.3. The van der Waals surface area contributed by atoms with Crippen molar-refractivity contribution in [2.75, 3.05) is 58.9 Å². The van der Waals surface area contributed by atoms with Gasteiger partial charge in [0.15, 0.2) is 0 Å². The number of halogens is 5. The molecule has 1 aliphatic rings. The van der Waals surface area contributed by atoms with Crippen molar-refractivity contribution in [3.63, 3.8) is 0 Å². The monoisotopic (exact) mass is 735 g/mol. The Kier molecular flexibility index (Phi) is 12.8. The number of carbonyl (C=O) groups excluding carboxylic acids is 1. The number of aromatic nitrogens is 2. The number of methoxy groups -OCH3 is 1. The smallest absolute Gasteiger partial charge is 0.497 e. The number of anilines is 1. The third kappa shape index (κ3) is 9.74. The van der Waals surface area contributed by atoms with Crippen LogP contribution in [0, 0.1) is 0 Å². The van der Waals surface area contributed by atoms with Crippen molar-refractivity contribution >= 4 is 46.1 Å². The van der Waals surface area contributed by atoms with Gasteiger partial charge in [-0.25, -0.2) is 4.98 Å². The third-order valence-corrected chi connectivity index (χ3v) is 9.67. The number of alkyl halides is 3. The van der Waals surface area contributed by atoms with Crippen LogP contribution >= 0.6 is 23.2 Å². The maximum absolute atomic E-state index is 13.6. The van der Waals surface area contributed by atoms with Gasteiger partial charge in [-0.15, -0.1) is 13.2 Å². The quantitative estimate of drug-likeness (QED) is 0.124. The van der Waals surface area contributed by atoms with E-state index in [1.54, 1.807) is 19.2 Å². The van der Waals surface area contributed by atoms with Crippen molar-refractivity contribution in [1.82, 2.24) is 19.4 Å². The van der Waals surface area contributed by atoms with Crippen LogP contribution < -0.4 is 14.8 Å².